The molecule has 2 aliphatic heterocycles. The number of ether oxygens (including phenoxy) is 1. The molecule has 2 fully saturated rings. The molecule has 1 amide bonds. The highest BCUT2D eigenvalue weighted by molar-refractivity contribution is 5.76. The van der Waals surface area contributed by atoms with Gasteiger partial charge < -0.3 is 15.0 Å². The van der Waals surface area contributed by atoms with Gasteiger partial charge in [-0.2, -0.15) is 0 Å². The Balaban J connectivity index is 1.63. The summed E-state index contributed by atoms with van der Waals surface area (Å²) in [4.78, 5) is 14.2. The number of piperidine rings is 2. The van der Waals surface area contributed by atoms with Crippen molar-refractivity contribution in [1.29, 1.82) is 0 Å². The van der Waals surface area contributed by atoms with Crippen LogP contribution in [0.2, 0.25) is 0 Å². The molecule has 2 heterocycles. The number of carbonyl (C=O) groups excluding carboxylic acids is 1. The van der Waals surface area contributed by atoms with E-state index in [0.29, 0.717) is 24.3 Å². The Hall–Kier alpha value is -0.610. The molecule has 4 nitrogen and oxygen atoms in total. The zero-order valence-corrected chi connectivity index (χ0v) is 12.2. The van der Waals surface area contributed by atoms with Crippen LogP contribution >= 0.6 is 0 Å². The van der Waals surface area contributed by atoms with Crippen molar-refractivity contribution in [3.63, 3.8) is 0 Å². The predicted octanol–water partition coefficient (Wildman–Crippen LogP) is 1.79. The largest absolute Gasteiger partial charge is 0.384 e. The minimum Gasteiger partial charge on any atom is -0.384 e. The molecule has 4 heteroatoms. The lowest BCUT2D eigenvalue weighted by atomic mass is 9.96. The molecule has 2 aliphatic rings. The normalized spacial score (nSPS) is 25.5. The van der Waals surface area contributed by atoms with Crippen LogP contribution in [-0.4, -0.2) is 50.2 Å². The van der Waals surface area contributed by atoms with Gasteiger partial charge >= 0.3 is 0 Å². The third-order valence-electron chi connectivity index (χ3n) is 4.49. The topological polar surface area (TPSA) is 41.6 Å². The fourth-order valence-electron chi connectivity index (χ4n) is 3.21. The van der Waals surface area contributed by atoms with E-state index in [1.807, 2.05) is 0 Å². The molecule has 0 saturated carbocycles. The lowest BCUT2D eigenvalue weighted by molar-refractivity contribution is -0.133. The van der Waals surface area contributed by atoms with Crippen molar-refractivity contribution in [2.24, 2.45) is 5.92 Å². The molecule has 1 atom stereocenters. The Morgan fingerprint density at radius 3 is 2.68 bits per heavy atom. The monoisotopic (exact) mass is 268 g/mol. The molecular weight excluding hydrogens is 240 g/mol. The Morgan fingerprint density at radius 1 is 1.26 bits per heavy atom. The number of hydrogen-bond acceptors (Lipinski definition) is 3. The molecule has 1 unspecified atom stereocenters. The van der Waals surface area contributed by atoms with Gasteiger partial charge in [-0.25, -0.2) is 0 Å². The van der Waals surface area contributed by atoms with Crippen molar-refractivity contribution in [2.45, 2.75) is 51.0 Å². The van der Waals surface area contributed by atoms with E-state index in [9.17, 15) is 4.79 Å². The highest BCUT2D eigenvalue weighted by Gasteiger charge is 2.23. The van der Waals surface area contributed by atoms with Crippen LogP contribution in [0.3, 0.4) is 0 Å². The smallest absolute Gasteiger partial charge is 0.222 e. The maximum Gasteiger partial charge on any atom is 0.222 e. The highest BCUT2D eigenvalue weighted by Crippen LogP contribution is 2.19. The van der Waals surface area contributed by atoms with Gasteiger partial charge in [-0.15, -0.1) is 0 Å². The van der Waals surface area contributed by atoms with Crippen LogP contribution in [0.5, 0.6) is 0 Å². The molecule has 2 saturated heterocycles. The summed E-state index contributed by atoms with van der Waals surface area (Å²) < 4.78 is 5.19. The van der Waals surface area contributed by atoms with Crippen LogP contribution in [0.25, 0.3) is 0 Å². The average Bonchev–Trinajstić information content (AvgIpc) is 2.47. The average molecular weight is 268 g/mol. The van der Waals surface area contributed by atoms with E-state index in [1.54, 1.807) is 7.11 Å². The maximum atomic E-state index is 12.2. The van der Waals surface area contributed by atoms with Gasteiger partial charge in [0, 0.05) is 39.3 Å². The van der Waals surface area contributed by atoms with Crippen LogP contribution in [0.15, 0.2) is 0 Å². The number of carbonyl (C=O) groups is 1. The van der Waals surface area contributed by atoms with Crippen LogP contribution < -0.4 is 5.32 Å². The van der Waals surface area contributed by atoms with Crippen molar-refractivity contribution >= 4 is 5.91 Å². The summed E-state index contributed by atoms with van der Waals surface area (Å²) in [6.45, 7) is 3.81. The summed E-state index contributed by atoms with van der Waals surface area (Å²) in [5.41, 5.74) is 0. The maximum absolute atomic E-state index is 12.2. The fraction of sp³-hybridized carbons (Fsp3) is 0.933. The first-order chi connectivity index (χ1) is 9.29. The third-order valence-corrected chi connectivity index (χ3v) is 4.49. The van der Waals surface area contributed by atoms with Crippen molar-refractivity contribution in [3.05, 3.63) is 0 Å². The Bertz CT molecular complexity index is 269. The second-order valence-corrected chi connectivity index (χ2v) is 5.97. The molecular formula is C15H28N2O2. The van der Waals surface area contributed by atoms with Gasteiger partial charge in [0.05, 0.1) is 0 Å². The van der Waals surface area contributed by atoms with Gasteiger partial charge in [-0.05, 0) is 44.6 Å². The second kappa shape index (κ2) is 7.85. The second-order valence-electron chi connectivity index (χ2n) is 5.97. The van der Waals surface area contributed by atoms with E-state index < -0.39 is 0 Å². The number of methoxy groups -OCH3 is 1. The van der Waals surface area contributed by atoms with Crippen molar-refractivity contribution < 1.29 is 9.53 Å². The minimum absolute atomic E-state index is 0.350. The number of nitrogens with one attached hydrogen (secondary N) is 1. The first-order valence-electron chi connectivity index (χ1n) is 7.79. The van der Waals surface area contributed by atoms with Gasteiger partial charge in [0.25, 0.3) is 0 Å². The number of amides is 1. The molecule has 1 N–H and O–H groups in total. The summed E-state index contributed by atoms with van der Waals surface area (Å²) in [7, 11) is 1.76. The number of likely N-dealkylation sites (tertiary alicyclic amines) is 1. The van der Waals surface area contributed by atoms with Gasteiger partial charge in [0.15, 0.2) is 0 Å². The molecule has 2 rings (SSSR count). The fourth-order valence-corrected chi connectivity index (χ4v) is 3.21. The molecule has 0 aromatic heterocycles. The zero-order valence-electron chi connectivity index (χ0n) is 12.2. The van der Waals surface area contributed by atoms with Gasteiger partial charge in [-0.1, -0.05) is 6.42 Å². The molecule has 0 aromatic carbocycles. The van der Waals surface area contributed by atoms with E-state index >= 15 is 0 Å². The van der Waals surface area contributed by atoms with Crippen molar-refractivity contribution in [1.82, 2.24) is 10.2 Å². The van der Waals surface area contributed by atoms with Gasteiger partial charge in [0.1, 0.15) is 0 Å². The Kier molecular flexibility index (Phi) is 6.11. The summed E-state index contributed by atoms with van der Waals surface area (Å²) in [5, 5.41) is 3.51. The Morgan fingerprint density at radius 2 is 2.05 bits per heavy atom. The summed E-state index contributed by atoms with van der Waals surface area (Å²) in [5.74, 6) is 0.998. The lowest BCUT2D eigenvalue weighted by Crippen LogP contribution is -2.40. The number of hydrogen-bond donors (Lipinski definition) is 1. The molecule has 0 spiro atoms. The van der Waals surface area contributed by atoms with E-state index in [2.05, 4.69) is 10.2 Å². The number of rotatable bonds is 5. The molecule has 0 aromatic rings. The van der Waals surface area contributed by atoms with Gasteiger partial charge in [-0.3, -0.25) is 4.79 Å². The predicted molar refractivity (Wildman–Crippen MR) is 76.1 cm³/mol. The van der Waals surface area contributed by atoms with E-state index in [4.69, 9.17) is 4.74 Å². The van der Waals surface area contributed by atoms with Crippen molar-refractivity contribution in [2.75, 3.05) is 33.4 Å². The van der Waals surface area contributed by atoms with Crippen LogP contribution in [-0.2, 0) is 9.53 Å². The SMILES string of the molecule is COCC1CCN(C(=O)CCC2CCCCN2)CC1. The van der Waals surface area contributed by atoms with Crippen LogP contribution in [0.4, 0.5) is 0 Å². The quantitative estimate of drug-likeness (QED) is 0.826. The molecule has 19 heavy (non-hydrogen) atoms. The molecule has 110 valence electrons. The van der Waals surface area contributed by atoms with Crippen molar-refractivity contribution in [3.8, 4) is 0 Å². The van der Waals surface area contributed by atoms with E-state index in [0.717, 1.165) is 45.5 Å². The van der Waals surface area contributed by atoms with Crippen LogP contribution in [0, 0.1) is 5.92 Å². The number of nitrogens with zero attached hydrogens (tertiary/aromatic N) is 1. The standard InChI is InChI=1S/C15H28N2O2/c1-19-12-13-7-10-17(11-8-13)15(18)6-5-14-4-2-3-9-16-14/h13-14,16H,2-12H2,1H3. The highest BCUT2D eigenvalue weighted by atomic mass is 16.5. The lowest BCUT2D eigenvalue weighted by Gasteiger charge is -2.32. The summed E-state index contributed by atoms with van der Waals surface area (Å²) in [6.07, 6.45) is 7.76. The molecule has 0 bridgehead atoms. The van der Waals surface area contributed by atoms with Gasteiger partial charge in [0.2, 0.25) is 5.91 Å². The van der Waals surface area contributed by atoms with Crippen LogP contribution in [0.1, 0.15) is 44.9 Å². The molecule has 0 aliphatic carbocycles. The zero-order chi connectivity index (χ0) is 13.5. The Labute approximate surface area is 116 Å². The minimum atomic E-state index is 0.350. The summed E-state index contributed by atoms with van der Waals surface area (Å²) in [6, 6.07) is 0.573. The molecule has 0 radical (unpaired) electrons. The summed E-state index contributed by atoms with van der Waals surface area (Å²) >= 11 is 0. The van der Waals surface area contributed by atoms with E-state index in [1.165, 1.54) is 19.3 Å². The first-order valence-corrected chi connectivity index (χ1v) is 7.79. The first kappa shape index (κ1) is 14.8. The third kappa shape index (κ3) is 4.77. The van der Waals surface area contributed by atoms with E-state index in [-0.39, 0.29) is 0 Å².